The average Bonchev–Trinajstić information content (AvgIpc) is 3.15. The van der Waals surface area contributed by atoms with Crippen LogP contribution in [0.2, 0.25) is 5.02 Å². The number of carbonyl (C=O) groups is 1. The molecule has 2 bridgehead atoms. The minimum atomic E-state index is -4.05. The van der Waals surface area contributed by atoms with E-state index in [4.69, 9.17) is 21.1 Å². The number of rotatable bonds is 9. The summed E-state index contributed by atoms with van der Waals surface area (Å²) in [6.07, 6.45) is 0.624. The van der Waals surface area contributed by atoms with E-state index in [1.807, 2.05) is 0 Å². The van der Waals surface area contributed by atoms with Crippen LogP contribution in [0.25, 0.3) is 0 Å². The molecule has 4 rings (SSSR count). The summed E-state index contributed by atoms with van der Waals surface area (Å²) in [5.74, 6) is -6.27. The molecule has 0 radical (unpaired) electrons. The number of nitrogens with one attached hydrogen (secondary N) is 1. The number of ether oxygens (including phenoxy) is 2. The van der Waals surface area contributed by atoms with Crippen LogP contribution in [0.15, 0.2) is 35.2 Å². The summed E-state index contributed by atoms with van der Waals surface area (Å²) in [5, 5.41) is 12.7. The van der Waals surface area contributed by atoms with Crippen LogP contribution >= 0.6 is 11.6 Å². The van der Waals surface area contributed by atoms with Crippen LogP contribution in [0.5, 0.6) is 0 Å². The molecule has 2 N–H and O–H groups in total. The summed E-state index contributed by atoms with van der Waals surface area (Å²) >= 11 is 6.29. The number of benzene rings is 2. The maximum atomic E-state index is 13.9. The summed E-state index contributed by atoms with van der Waals surface area (Å²) in [6.45, 7) is 4.22. The van der Waals surface area contributed by atoms with Crippen molar-refractivity contribution in [1.82, 2.24) is 0 Å². The van der Waals surface area contributed by atoms with Crippen LogP contribution in [-0.4, -0.2) is 49.8 Å². The Balaban J connectivity index is 1.60. The van der Waals surface area contributed by atoms with Crippen LogP contribution in [0.1, 0.15) is 49.9 Å². The molecular formula is C26H29ClF3NO6S. The number of sulfone groups is 1. The summed E-state index contributed by atoms with van der Waals surface area (Å²) in [5.41, 5.74) is -1.80. The Labute approximate surface area is 224 Å². The molecule has 2 aliphatic carbocycles. The summed E-state index contributed by atoms with van der Waals surface area (Å²) in [7, 11) is -4.05. The van der Waals surface area contributed by atoms with Crippen molar-refractivity contribution in [1.29, 1.82) is 0 Å². The Kier molecular flexibility index (Phi) is 8.44. The lowest BCUT2D eigenvalue weighted by atomic mass is 9.76. The van der Waals surface area contributed by atoms with Crippen molar-refractivity contribution < 1.29 is 41.0 Å². The molecule has 2 aromatic carbocycles. The van der Waals surface area contributed by atoms with Gasteiger partial charge in [-0.15, -0.1) is 0 Å². The smallest absolute Gasteiger partial charge is 0.255 e. The maximum Gasteiger partial charge on any atom is 0.255 e. The van der Waals surface area contributed by atoms with Crippen LogP contribution < -0.4 is 5.32 Å². The van der Waals surface area contributed by atoms with E-state index in [1.54, 1.807) is 13.8 Å². The van der Waals surface area contributed by atoms with E-state index in [2.05, 4.69) is 5.32 Å². The van der Waals surface area contributed by atoms with Gasteiger partial charge >= 0.3 is 0 Å². The SMILES string of the molecule is CCOC(OCC)C1(O)CC2CC[C@H](C1)C2S(=O)(=O)c1cc(C(=O)Nc2cc(F)c(F)c(F)c2)ccc1Cl. The maximum absolute atomic E-state index is 13.9. The van der Waals surface area contributed by atoms with E-state index in [1.165, 1.54) is 12.1 Å². The third-order valence-corrected chi connectivity index (χ3v) is 10.1. The predicted molar refractivity (Wildman–Crippen MR) is 134 cm³/mol. The molecule has 2 aromatic rings. The predicted octanol–water partition coefficient (Wildman–Crippen LogP) is 5.10. The summed E-state index contributed by atoms with van der Waals surface area (Å²) in [4.78, 5) is 12.5. The van der Waals surface area contributed by atoms with Crippen molar-refractivity contribution in [3.63, 3.8) is 0 Å². The van der Waals surface area contributed by atoms with Gasteiger partial charge in [0.25, 0.3) is 5.91 Å². The zero-order chi connectivity index (χ0) is 27.8. The third kappa shape index (κ3) is 5.44. The van der Waals surface area contributed by atoms with Gasteiger partial charge < -0.3 is 19.9 Å². The number of hydrogen-bond donors (Lipinski definition) is 2. The molecule has 2 aliphatic rings. The molecule has 0 heterocycles. The van der Waals surface area contributed by atoms with Gasteiger partial charge in [-0.3, -0.25) is 4.79 Å². The van der Waals surface area contributed by atoms with Gasteiger partial charge in [-0.05, 0) is 69.6 Å². The van der Waals surface area contributed by atoms with Crippen LogP contribution in [0, 0.1) is 29.3 Å². The highest BCUT2D eigenvalue weighted by Gasteiger charge is 2.57. The Morgan fingerprint density at radius 2 is 1.63 bits per heavy atom. The zero-order valence-electron chi connectivity index (χ0n) is 20.8. The Bertz CT molecular complexity index is 1280. The standard InChI is InChI=1S/C26H29ClF3NO6S/c1-3-36-25(37-4-2)26(33)12-15-5-6-16(13-26)23(15)38(34,35)21-9-14(7-8-18(21)27)24(32)31-17-10-19(28)22(30)20(29)11-17/h7-11,15-16,23,25,33H,3-6,12-13H2,1-2H3,(H,31,32)/t15-,16?,23?,26?/m1/s1. The first-order valence-corrected chi connectivity index (χ1v) is 14.3. The molecule has 0 spiro atoms. The first kappa shape index (κ1) is 28.8. The topological polar surface area (TPSA) is 102 Å². The third-order valence-electron chi connectivity index (χ3n) is 7.24. The molecule has 2 saturated carbocycles. The minimum Gasteiger partial charge on any atom is -0.385 e. The van der Waals surface area contributed by atoms with Crippen LogP contribution in [-0.2, 0) is 19.3 Å². The Morgan fingerprint density at radius 3 is 2.16 bits per heavy atom. The second-order valence-corrected chi connectivity index (χ2v) is 12.2. The monoisotopic (exact) mass is 575 g/mol. The lowest BCUT2D eigenvalue weighted by Gasteiger charge is -2.44. The number of anilines is 1. The van der Waals surface area contributed by atoms with Crippen molar-refractivity contribution >= 4 is 33.0 Å². The molecule has 2 fully saturated rings. The fourth-order valence-electron chi connectivity index (χ4n) is 5.77. The van der Waals surface area contributed by atoms with Gasteiger partial charge in [0.05, 0.1) is 15.2 Å². The highest BCUT2D eigenvalue weighted by Crippen LogP contribution is 2.52. The molecular weight excluding hydrogens is 547 g/mol. The molecule has 3 unspecified atom stereocenters. The van der Waals surface area contributed by atoms with E-state index in [9.17, 15) is 31.5 Å². The van der Waals surface area contributed by atoms with Crippen LogP contribution in [0.3, 0.4) is 0 Å². The van der Waals surface area contributed by atoms with Crippen molar-refractivity contribution in [3.8, 4) is 0 Å². The van der Waals surface area contributed by atoms with Crippen molar-refractivity contribution in [2.45, 2.75) is 61.6 Å². The van der Waals surface area contributed by atoms with Crippen molar-refractivity contribution in [3.05, 3.63) is 58.4 Å². The van der Waals surface area contributed by atoms with E-state index >= 15 is 0 Å². The number of amides is 1. The molecule has 7 nitrogen and oxygen atoms in total. The normalized spacial score (nSPS) is 25.1. The Hall–Kier alpha value is -2.18. The number of aliphatic hydroxyl groups is 1. The molecule has 38 heavy (non-hydrogen) atoms. The first-order chi connectivity index (χ1) is 17.9. The fourth-order valence-corrected chi connectivity index (χ4v) is 8.61. The molecule has 4 atom stereocenters. The molecule has 12 heteroatoms. The van der Waals surface area contributed by atoms with Gasteiger partial charge in [0, 0.05) is 36.6 Å². The Morgan fingerprint density at radius 1 is 1.08 bits per heavy atom. The first-order valence-electron chi connectivity index (χ1n) is 12.4. The molecule has 0 aromatic heterocycles. The van der Waals surface area contributed by atoms with Gasteiger partial charge in [-0.1, -0.05) is 11.6 Å². The minimum absolute atomic E-state index is 0.0813. The molecule has 1 amide bonds. The van der Waals surface area contributed by atoms with Crippen molar-refractivity contribution in [2.24, 2.45) is 11.8 Å². The second kappa shape index (κ2) is 11.1. The van der Waals surface area contributed by atoms with E-state index in [0.29, 0.717) is 38.2 Å². The van der Waals surface area contributed by atoms with Crippen molar-refractivity contribution in [2.75, 3.05) is 18.5 Å². The zero-order valence-corrected chi connectivity index (χ0v) is 22.4. The van der Waals surface area contributed by atoms with E-state index in [0.717, 1.165) is 6.07 Å². The lowest BCUT2D eigenvalue weighted by molar-refractivity contribution is -0.249. The van der Waals surface area contributed by atoms with Crippen LogP contribution in [0.4, 0.5) is 18.9 Å². The quantitative estimate of drug-likeness (QED) is 0.319. The summed E-state index contributed by atoms with van der Waals surface area (Å²) in [6, 6.07) is 4.88. The molecule has 208 valence electrons. The summed E-state index contributed by atoms with van der Waals surface area (Å²) < 4.78 is 79.3. The van der Waals surface area contributed by atoms with Gasteiger partial charge in [-0.2, -0.15) is 0 Å². The fraction of sp³-hybridized carbons (Fsp3) is 0.500. The average molecular weight is 576 g/mol. The van der Waals surface area contributed by atoms with Gasteiger partial charge in [0.2, 0.25) is 0 Å². The number of fused-ring (bicyclic) bond motifs is 2. The number of carbonyl (C=O) groups excluding carboxylic acids is 1. The largest absolute Gasteiger partial charge is 0.385 e. The highest BCUT2D eigenvalue weighted by molar-refractivity contribution is 7.92. The number of hydrogen-bond acceptors (Lipinski definition) is 6. The van der Waals surface area contributed by atoms with E-state index in [-0.39, 0.29) is 45.8 Å². The second-order valence-electron chi connectivity index (χ2n) is 9.71. The molecule has 0 saturated heterocycles. The molecule has 0 aliphatic heterocycles. The van der Waals surface area contributed by atoms with Gasteiger partial charge in [0.15, 0.2) is 33.6 Å². The lowest BCUT2D eigenvalue weighted by Crippen LogP contribution is -2.54. The van der Waals surface area contributed by atoms with E-state index < -0.39 is 50.3 Å². The van der Waals surface area contributed by atoms with Gasteiger partial charge in [-0.25, -0.2) is 21.6 Å². The van der Waals surface area contributed by atoms with Gasteiger partial charge in [0.1, 0.15) is 5.60 Å². The highest BCUT2D eigenvalue weighted by atomic mass is 35.5. The number of halogens is 4.